The minimum atomic E-state index is 0.178. The Morgan fingerprint density at radius 1 is 0.400 bits per heavy atom. The number of rotatable bonds is 0. The van der Waals surface area contributed by atoms with Crippen LogP contribution in [0.15, 0.2) is 25.8 Å². The zero-order chi connectivity index (χ0) is 14.1. The van der Waals surface area contributed by atoms with Crippen LogP contribution in [0.5, 0.6) is 0 Å². The summed E-state index contributed by atoms with van der Waals surface area (Å²) in [6, 6.07) is 0. The van der Waals surface area contributed by atoms with Crippen molar-refractivity contribution in [2.75, 3.05) is 33.0 Å². The zero-order valence-electron chi connectivity index (χ0n) is 10.7. The molecule has 10 heteroatoms. The molecule has 0 aliphatic carbocycles. The van der Waals surface area contributed by atoms with Gasteiger partial charge < -0.3 is 24.2 Å². The van der Waals surface area contributed by atoms with Crippen LogP contribution in [0.4, 0.5) is 0 Å². The van der Waals surface area contributed by atoms with Crippen molar-refractivity contribution in [2.45, 2.75) is 0 Å². The maximum atomic E-state index is 4.82. The fraction of sp³-hybridized carbons (Fsp3) is 0.500. The SMILES string of the molecule is C1=N\OC/C=N\OC/C=N/OC/C=N/OC/C=N/OC/1. The second kappa shape index (κ2) is 12.8. The Bertz CT molecular complexity index is 258. The Kier molecular flexibility index (Phi) is 9.86. The van der Waals surface area contributed by atoms with Crippen molar-refractivity contribution in [3.63, 3.8) is 0 Å². The van der Waals surface area contributed by atoms with E-state index in [-0.39, 0.29) is 33.0 Å². The minimum Gasteiger partial charge on any atom is -0.390 e. The van der Waals surface area contributed by atoms with Gasteiger partial charge in [-0.2, -0.15) is 0 Å². The van der Waals surface area contributed by atoms with Gasteiger partial charge in [-0.3, -0.25) is 0 Å². The monoisotopic (exact) mass is 285 g/mol. The van der Waals surface area contributed by atoms with Crippen LogP contribution < -0.4 is 0 Å². The predicted octanol–water partition coefficient (Wildman–Crippen LogP) is 0.0120. The van der Waals surface area contributed by atoms with Crippen LogP contribution in [-0.4, -0.2) is 64.1 Å². The molecule has 0 N–H and O–H groups in total. The number of nitrogens with zero attached hydrogens (tertiary/aromatic N) is 5. The molecule has 0 saturated heterocycles. The van der Waals surface area contributed by atoms with Gasteiger partial charge in [0.25, 0.3) is 0 Å². The third-order valence-electron chi connectivity index (χ3n) is 1.49. The topological polar surface area (TPSA) is 108 Å². The summed E-state index contributed by atoms with van der Waals surface area (Å²) in [7, 11) is 0. The van der Waals surface area contributed by atoms with E-state index in [9.17, 15) is 0 Å². The van der Waals surface area contributed by atoms with Gasteiger partial charge in [-0.25, -0.2) is 0 Å². The molecule has 0 amide bonds. The van der Waals surface area contributed by atoms with E-state index in [0.29, 0.717) is 0 Å². The summed E-state index contributed by atoms with van der Waals surface area (Å²) in [6.45, 7) is 0.891. The van der Waals surface area contributed by atoms with Crippen LogP contribution in [0, 0.1) is 0 Å². The number of hydrogen-bond acceptors (Lipinski definition) is 10. The molecular weight excluding hydrogens is 270 g/mol. The highest BCUT2D eigenvalue weighted by atomic mass is 16.7. The molecule has 1 heterocycles. The molecule has 0 spiro atoms. The molecule has 10 nitrogen and oxygen atoms in total. The molecule has 0 aromatic carbocycles. The highest BCUT2D eigenvalue weighted by molar-refractivity contribution is 5.61. The molecule has 0 unspecified atom stereocenters. The average molecular weight is 285 g/mol. The van der Waals surface area contributed by atoms with Gasteiger partial charge in [0.1, 0.15) is 0 Å². The second-order valence-corrected chi connectivity index (χ2v) is 2.92. The van der Waals surface area contributed by atoms with Crippen LogP contribution >= 0.6 is 0 Å². The lowest BCUT2D eigenvalue weighted by Gasteiger charge is -1.96. The molecule has 0 aromatic heterocycles. The van der Waals surface area contributed by atoms with Crippen molar-refractivity contribution >= 4 is 31.1 Å². The first-order valence-corrected chi connectivity index (χ1v) is 5.69. The third kappa shape index (κ3) is 10.5. The molecule has 110 valence electrons. The average Bonchev–Trinajstić information content (AvgIpc) is 2.46. The fourth-order valence-electron chi connectivity index (χ4n) is 0.798. The minimum absolute atomic E-state index is 0.178. The van der Waals surface area contributed by atoms with Crippen molar-refractivity contribution in [3.8, 4) is 0 Å². The maximum Gasteiger partial charge on any atom is 0.155 e. The van der Waals surface area contributed by atoms with Crippen LogP contribution in [0.25, 0.3) is 0 Å². The van der Waals surface area contributed by atoms with Gasteiger partial charge in [-0.1, -0.05) is 25.8 Å². The lowest BCUT2D eigenvalue weighted by molar-refractivity contribution is 0.150. The van der Waals surface area contributed by atoms with E-state index in [1.807, 2.05) is 0 Å². The first kappa shape index (κ1) is 15.4. The molecule has 0 saturated carbocycles. The van der Waals surface area contributed by atoms with E-state index in [0.717, 1.165) is 0 Å². The van der Waals surface area contributed by atoms with Gasteiger partial charge in [0.2, 0.25) is 0 Å². The van der Waals surface area contributed by atoms with E-state index in [2.05, 4.69) is 25.8 Å². The van der Waals surface area contributed by atoms with Crippen molar-refractivity contribution in [2.24, 2.45) is 25.8 Å². The smallest absolute Gasteiger partial charge is 0.155 e. The van der Waals surface area contributed by atoms with Gasteiger partial charge in [-0.05, 0) is 0 Å². The Balaban J connectivity index is 2.29. The van der Waals surface area contributed by atoms with Crippen LogP contribution in [0.3, 0.4) is 0 Å². The molecule has 0 bridgehead atoms. The molecule has 20 heavy (non-hydrogen) atoms. The Labute approximate surface area is 115 Å². The van der Waals surface area contributed by atoms with Crippen LogP contribution in [0.1, 0.15) is 0 Å². The Hall–Kier alpha value is -2.65. The van der Waals surface area contributed by atoms with Crippen molar-refractivity contribution < 1.29 is 24.2 Å². The standard InChI is InChI=1S/C10H15N5O5/c1-6-16-12-3-8-18-14-5-10-20-15-4-9-19-13-2-7-17-11-1/h1-5H,6-10H2/b11-1-,12-3-,13-2+,14-5+,15-4+. The number of oxime groups is 5. The lowest BCUT2D eigenvalue weighted by Crippen LogP contribution is -1.98. The summed E-state index contributed by atoms with van der Waals surface area (Å²) in [5, 5.41) is 17.9. The van der Waals surface area contributed by atoms with Crippen molar-refractivity contribution in [3.05, 3.63) is 0 Å². The molecule has 0 fully saturated rings. The summed E-state index contributed by atoms with van der Waals surface area (Å²) in [4.78, 5) is 24.1. The largest absolute Gasteiger partial charge is 0.390 e. The van der Waals surface area contributed by atoms with Crippen molar-refractivity contribution in [1.82, 2.24) is 0 Å². The van der Waals surface area contributed by atoms with E-state index < -0.39 is 0 Å². The van der Waals surface area contributed by atoms with E-state index >= 15 is 0 Å². The van der Waals surface area contributed by atoms with Gasteiger partial charge in [-0.15, -0.1) is 0 Å². The van der Waals surface area contributed by atoms with Gasteiger partial charge in [0.15, 0.2) is 33.0 Å². The predicted molar refractivity (Wildman–Crippen MR) is 72.2 cm³/mol. The second-order valence-electron chi connectivity index (χ2n) is 2.92. The molecular formula is C10H15N5O5. The lowest BCUT2D eigenvalue weighted by atomic mass is 10.8. The highest BCUT2D eigenvalue weighted by Crippen LogP contribution is 1.80. The molecule has 0 radical (unpaired) electrons. The van der Waals surface area contributed by atoms with Gasteiger partial charge in [0, 0.05) is 0 Å². The Morgan fingerprint density at radius 2 is 0.600 bits per heavy atom. The first-order valence-electron chi connectivity index (χ1n) is 5.69. The molecule has 1 aliphatic heterocycles. The number of hydrogen-bond donors (Lipinski definition) is 0. The van der Waals surface area contributed by atoms with E-state index in [1.165, 1.54) is 31.1 Å². The first-order chi connectivity index (χ1) is 10.0. The van der Waals surface area contributed by atoms with Crippen LogP contribution in [0.2, 0.25) is 0 Å². The molecule has 0 atom stereocenters. The summed E-state index contributed by atoms with van der Waals surface area (Å²) in [5.41, 5.74) is 0. The van der Waals surface area contributed by atoms with E-state index in [4.69, 9.17) is 24.2 Å². The fourth-order valence-corrected chi connectivity index (χ4v) is 0.798. The summed E-state index contributed by atoms with van der Waals surface area (Å²) in [6.07, 6.45) is 7.05. The normalized spacial score (nSPS) is 26.0. The summed E-state index contributed by atoms with van der Waals surface area (Å²) < 4.78 is 0. The summed E-state index contributed by atoms with van der Waals surface area (Å²) in [5.74, 6) is 0. The van der Waals surface area contributed by atoms with Crippen molar-refractivity contribution in [1.29, 1.82) is 0 Å². The quantitative estimate of drug-likeness (QED) is 0.623. The summed E-state index contributed by atoms with van der Waals surface area (Å²) >= 11 is 0. The molecule has 1 rings (SSSR count). The molecule has 1 aliphatic rings. The third-order valence-corrected chi connectivity index (χ3v) is 1.49. The van der Waals surface area contributed by atoms with E-state index in [1.54, 1.807) is 0 Å². The highest BCUT2D eigenvalue weighted by Gasteiger charge is 1.83. The molecule has 0 aromatic rings. The Morgan fingerprint density at radius 3 is 0.800 bits per heavy atom. The van der Waals surface area contributed by atoms with Gasteiger partial charge in [0.05, 0.1) is 31.1 Å². The maximum absolute atomic E-state index is 4.82. The van der Waals surface area contributed by atoms with Gasteiger partial charge >= 0.3 is 0 Å². The zero-order valence-corrected chi connectivity index (χ0v) is 10.7. The van der Waals surface area contributed by atoms with Crippen LogP contribution in [-0.2, 0) is 24.2 Å².